The Kier molecular flexibility index (Phi) is 3.41. The second kappa shape index (κ2) is 4.57. The zero-order chi connectivity index (χ0) is 13.5. The number of hydrogen-bond donors (Lipinski definition) is 1. The SMILES string of the molecule is Cc1nn(C)cc1N1CC(C)(C)NCC1C(C)C. The molecule has 1 atom stereocenters. The highest BCUT2D eigenvalue weighted by molar-refractivity contribution is 5.51. The Bertz CT molecular complexity index is 419. The van der Waals surface area contributed by atoms with E-state index in [9.17, 15) is 0 Å². The summed E-state index contributed by atoms with van der Waals surface area (Å²) < 4.78 is 1.91. The van der Waals surface area contributed by atoms with E-state index in [1.807, 2.05) is 11.7 Å². The molecule has 2 heterocycles. The Balaban J connectivity index is 2.33. The maximum atomic E-state index is 4.48. The molecule has 0 radical (unpaired) electrons. The summed E-state index contributed by atoms with van der Waals surface area (Å²) in [7, 11) is 1.99. The van der Waals surface area contributed by atoms with Gasteiger partial charge in [-0.25, -0.2) is 0 Å². The zero-order valence-corrected chi connectivity index (χ0v) is 12.5. The molecule has 0 saturated carbocycles. The van der Waals surface area contributed by atoms with Gasteiger partial charge in [-0.1, -0.05) is 13.8 Å². The molecule has 4 nitrogen and oxygen atoms in total. The van der Waals surface area contributed by atoms with Crippen LogP contribution in [0.2, 0.25) is 0 Å². The maximum Gasteiger partial charge on any atom is 0.0827 e. The van der Waals surface area contributed by atoms with Crippen LogP contribution in [0.1, 0.15) is 33.4 Å². The molecule has 4 heteroatoms. The Morgan fingerprint density at radius 3 is 2.61 bits per heavy atom. The van der Waals surface area contributed by atoms with Crippen molar-refractivity contribution in [1.82, 2.24) is 15.1 Å². The molecule has 0 spiro atoms. The van der Waals surface area contributed by atoms with Crippen molar-refractivity contribution >= 4 is 5.69 Å². The van der Waals surface area contributed by atoms with Crippen LogP contribution in [0.15, 0.2) is 6.20 Å². The van der Waals surface area contributed by atoms with E-state index in [1.54, 1.807) is 0 Å². The Morgan fingerprint density at radius 2 is 2.11 bits per heavy atom. The summed E-state index contributed by atoms with van der Waals surface area (Å²) in [6.45, 7) is 13.3. The molecule has 18 heavy (non-hydrogen) atoms. The van der Waals surface area contributed by atoms with Crippen molar-refractivity contribution in [2.45, 2.75) is 46.2 Å². The summed E-state index contributed by atoms with van der Waals surface area (Å²) in [6, 6.07) is 0.543. The number of rotatable bonds is 2. The molecule has 1 unspecified atom stereocenters. The fourth-order valence-corrected chi connectivity index (χ4v) is 2.82. The summed E-state index contributed by atoms with van der Waals surface area (Å²) in [5, 5.41) is 8.13. The van der Waals surface area contributed by atoms with Gasteiger partial charge in [0.2, 0.25) is 0 Å². The van der Waals surface area contributed by atoms with E-state index < -0.39 is 0 Å². The van der Waals surface area contributed by atoms with E-state index >= 15 is 0 Å². The molecule has 1 aliphatic rings. The van der Waals surface area contributed by atoms with Gasteiger partial charge in [0.25, 0.3) is 0 Å². The summed E-state index contributed by atoms with van der Waals surface area (Å²) in [5.41, 5.74) is 2.57. The smallest absolute Gasteiger partial charge is 0.0827 e. The Labute approximate surface area is 110 Å². The first-order valence-corrected chi connectivity index (χ1v) is 6.82. The topological polar surface area (TPSA) is 33.1 Å². The summed E-state index contributed by atoms with van der Waals surface area (Å²) in [5.74, 6) is 0.633. The molecule has 1 saturated heterocycles. The molecule has 1 aliphatic heterocycles. The number of aryl methyl sites for hydroxylation is 2. The van der Waals surface area contributed by atoms with Crippen molar-refractivity contribution in [3.05, 3.63) is 11.9 Å². The highest BCUT2D eigenvalue weighted by Gasteiger charge is 2.35. The molecule has 102 valence electrons. The third-order valence-electron chi connectivity index (χ3n) is 3.82. The number of aromatic nitrogens is 2. The van der Waals surface area contributed by atoms with Crippen LogP contribution in [0.4, 0.5) is 5.69 Å². The molecule has 0 amide bonds. The lowest BCUT2D eigenvalue weighted by molar-refractivity contribution is 0.277. The minimum Gasteiger partial charge on any atom is -0.362 e. The van der Waals surface area contributed by atoms with E-state index in [4.69, 9.17) is 0 Å². The van der Waals surface area contributed by atoms with Gasteiger partial charge in [-0.2, -0.15) is 5.10 Å². The van der Waals surface area contributed by atoms with Crippen LogP contribution in [0.3, 0.4) is 0 Å². The number of nitrogens with zero attached hydrogens (tertiary/aromatic N) is 3. The van der Waals surface area contributed by atoms with E-state index in [1.165, 1.54) is 5.69 Å². The maximum absolute atomic E-state index is 4.48. The van der Waals surface area contributed by atoms with Crippen LogP contribution >= 0.6 is 0 Å². The molecule has 1 N–H and O–H groups in total. The predicted octanol–water partition coefficient (Wildman–Crippen LogP) is 1.94. The molecular formula is C14H26N4. The molecule has 1 aromatic rings. The van der Waals surface area contributed by atoms with Crippen LogP contribution in [0.5, 0.6) is 0 Å². The van der Waals surface area contributed by atoms with Gasteiger partial charge in [-0.05, 0) is 26.7 Å². The van der Waals surface area contributed by atoms with Crippen molar-refractivity contribution in [2.24, 2.45) is 13.0 Å². The van der Waals surface area contributed by atoms with Gasteiger partial charge in [0.1, 0.15) is 0 Å². The predicted molar refractivity (Wildman–Crippen MR) is 76.0 cm³/mol. The van der Waals surface area contributed by atoms with Gasteiger partial charge < -0.3 is 10.2 Å². The first-order chi connectivity index (χ1) is 8.30. The van der Waals surface area contributed by atoms with E-state index in [-0.39, 0.29) is 5.54 Å². The minimum absolute atomic E-state index is 0.160. The Morgan fingerprint density at radius 1 is 1.44 bits per heavy atom. The summed E-state index contributed by atoms with van der Waals surface area (Å²) in [4.78, 5) is 2.53. The van der Waals surface area contributed by atoms with Gasteiger partial charge in [-0.15, -0.1) is 0 Å². The highest BCUT2D eigenvalue weighted by Crippen LogP contribution is 2.28. The first kappa shape index (κ1) is 13.4. The van der Waals surface area contributed by atoms with Crippen LogP contribution in [-0.2, 0) is 7.05 Å². The van der Waals surface area contributed by atoms with Crippen LogP contribution in [0, 0.1) is 12.8 Å². The van der Waals surface area contributed by atoms with Crippen molar-refractivity contribution in [1.29, 1.82) is 0 Å². The van der Waals surface area contributed by atoms with Gasteiger partial charge >= 0.3 is 0 Å². The average molecular weight is 250 g/mol. The van der Waals surface area contributed by atoms with E-state index in [0.717, 1.165) is 18.8 Å². The van der Waals surface area contributed by atoms with Crippen molar-refractivity contribution in [2.75, 3.05) is 18.0 Å². The van der Waals surface area contributed by atoms with Gasteiger partial charge in [0.15, 0.2) is 0 Å². The van der Waals surface area contributed by atoms with Gasteiger partial charge in [0.05, 0.1) is 11.4 Å². The third-order valence-corrected chi connectivity index (χ3v) is 3.82. The zero-order valence-electron chi connectivity index (χ0n) is 12.5. The van der Waals surface area contributed by atoms with Crippen molar-refractivity contribution in [3.8, 4) is 0 Å². The molecule has 1 fully saturated rings. The fraction of sp³-hybridized carbons (Fsp3) is 0.786. The lowest BCUT2D eigenvalue weighted by Crippen LogP contribution is -2.63. The second-order valence-corrected chi connectivity index (χ2v) is 6.48. The lowest BCUT2D eigenvalue weighted by atomic mass is 9.92. The van der Waals surface area contributed by atoms with Crippen molar-refractivity contribution in [3.63, 3.8) is 0 Å². The highest BCUT2D eigenvalue weighted by atomic mass is 15.3. The van der Waals surface area contributed by atoms with Crippen LogP contribution < -0.4 is 10.2 Å². The number of anilines is 1. The number of hydrogen-bond acceptors (Lipinski definition) is 3. The van der Waals surface area contributed by atoms with E-state index in [0.29, 0.717) is 12.0 Å². The average Bonchev–Trinajstić information content (AvgIpc) is 2.55. The second-order valence-electron chi connectivity index (χ2n) is 6.48. The largest absolute Gasteiger partial charge is 0.362 e. The van der Waals surface area contributed by atoms with Crippen LogP contribution in [-0.4, -0.2) is 34.5 Å². The molecular weight excluding hydrogens is 224 g/mol. The molecule has 0 aromatic carbocycles. The number of piperazine rings is 1. The number of nitrogens with one attached hydrogen (secondary N) is 1. The molecule has 0 aliphatic carbocycles. The van der Waals surface area contributed by atoms with Gasteiger partial charge in [0, 0.05) is 37.9 Å². The summed E-state index contributed by atoms with van der Waals surface area (Å²) in [6.07, 6.45) is 2.14. The quantitative estimate of drug-likeness (QED) is 0.871. The van der Waals surface area contributed by atoms with Crippen molar-refractivity contribution < 1.29 is 0 Å². The summed E-state index contributed by atoms with van der Waals surface area (Å²) >= 11 is 0. The normalized spacial score (nSPS) is 23.7. The molecule has 0 bridgehead atoms. The first-order valence-electron chi connectivity index (χ1n) is 6.82. The monoisotopic (exact) mass is 250 g/mol. The minimum atomic E-state index is 0.160. The van der Waals surface area contributed by atoms with E-state index in [2.05, 4.69) is 56.1 Å². The fourth-order valence-electron chi connectivity index (χ4n) is 2.82. The van der Waals surface area contributed by atoms with Crippen LogP contribution in [0.25, 0.3) is 0 Å². The standard InChI is InChI=1S/C14H26N4/c1-10(2)12-7-15-14(4,5)9-18(12)13-8-17(6)16-11(13)3/h8,10,12,15H,7,9H2,1-6H3. The van der Waals surface area contributed by atoms with Gasteiger partial charge in [-0.3, -0.25) is 4.68 Å². The third kappa shape index (κ3) is 2.53. The molecule has 2 rings (SSSR count). The Hall–Kier alpha value is -1.03. The lowest BCUT2D eigenvalue weighted by Gasteiger charge is -2.47. The molecule has 1 aromatic heterocycles.